The Bertz CT molecular complexity index is 594. The van der Waals surface area contributed by atoms with Gasteiger partial charge in [0.15, 0.2) is 0 Å². The molecule has 1 fully saturated rings. The highest BCUT2D eigenvalue weighted by molar-refractivity contribution is 5.76. The predicted molar refractivity (Wildman–Crippen MR) is 76.0 cm³/mol. The Morgan fingerprint density at radius 1 is 1.24 bits per heavy atom. The van der Waals surface area contributed by atoms with Gasteiger partial charge >= 0.3 is 5.69 Å². The molecule has 1 aromatic heterocycles. The van der Waals surface area contributed by atoms with Crippen LogP contribution in [0.2, 0.25) is 0 Å². The van der Waals surface area contributed by atoms with E-state index >= 15 is 0 Å². The van der Waals surface area contributed by atoms with Gasteiger partial charge in [0.1, 0.15) is 6.54 Å². The Hall–Kier alpha value is -1.93. The highest BCUT2D eigenvalue weighted by Crippen LogP contribution is 2.03. The average molecular weight is 296 g/mol. The van der Waals surface area contributed by atoms with Gasteiger partial charge in [0, 0.05) is 38.4 Å². The summed E-state index contributed by atoms with van der Waals surface area (Å²) < 4.78 is 1.19. The molecule has 0 radical (unpaired) electrons. The van der Waals surface area contributed by atoms with E-state index in [0.717, 1.165) is 13.0 Å². The van der Waals surface area contributed by atoms with Gasteiger partial charge in [0.2, 0.25) is 5.91 Å². The monoisotopic (exact) mass is 296 g/mol. The van der Waals surface area contributed by atoms with Crippen LogP contribution < -0.4 is 11.2 Å². The molecule has 21 heavy (non-hydrogen) atoms. The van der Waals surface area contributed by atoms with Crippen LogP contribution >= 0.6 is 0 Å². The van der Waals surface area contributed by atoms with E-state index in [2.05, 4.69) is 9.88 Å². The first-order valence-corrected chi connectivity index (χ1v) is 7.01. The van der Waals surface area contributed by atoms with Gasteiger partial charge in [-0.15, -0.1) is 0 Å². The van der Waals surface area contributed by atoms with Crippen molar-refractivity contribution in [1.29, 1.82) is 0 Å². The second-order valence-electron chi connectivity index (χ2n) is 5.04. The van der Waals surface area contributed by atoms with Crippen LogP contribution in [0.1, 0.15) is 6.42 Å². The number of nitrogens with one attached hydrogen (secondary N) is 1. The third kappa shape index (κ3) is 4.27. The average Bonchev–Trinajstić information content (AvgIpc) is 2.68. The summed E-state index contributed by atoms with van der Waals surface area (Å²) in [4.78, 5) is 40.7. The number of H-pyrrole nitrogens is 1. The molecule has 0 atom stereocenters. The molecule has 0 aromatic carbocycles. The van der Waals surface area contributed by atoms with Crippen molar-refractivity contribution in [3.8, 4) is 0 Å². The lowest BCUT2D eigenvalue weighted by molar-refractivity contribution is -0.131. The number of aliphatic hydroxyl groups is 1. The Kier molecular flexibility index (Phi) is 5.29. The van der Waals surface area contributed by atoms with Crippen LogP contribution in [0, 0.1) is 0 Å². The zero-order valence-corrected chi connectivity index (χ0v) is 11.8. The van der Waals surface area contributed by atoms with E-state index in [4.69, 9.17) is 5.11 Å². The van der Waals surface area contributed by atoms with E-state index in [0.29, 0.717) is 26.2 Å². The maximum atomic E-state index is 12.2. The zero-order valence-electron chi connectivity index (χ0n) is 11.8. The number of aromatic nitrogens is 2. The number of amides is 1. The first kappa shape index (κ1) is 15.5. The third-order valence-corrected chi connectivity index (χ3v) is 3.56. The highest BCUT2D eigenvalue weighted by Gasteiger charge is 2.19. The van der Waals surface area contributed by atoms with E-state index in [1.54, 1.807) is 4.90 Å². The van der Waals surface area contributed by atoms with Crippen LogP contribution in [0.5, 0.6) is 0 Å². The standard InChI is InChI=1S/C13H20N4O4/c18-9-8-15-3-1-4-16(7-6-15)12(20)10-17-5-2-11(19)14-13(17)21/h2,5,18H,1,3-4,6-10H2,(H,14,19,21). The minimum atomic E-state index is -0.576. The van der Waals surface area contributed by atoms with Crippen molar-refractivity contribution in [1.82, 2.24) is 19.4 Å². The van der Waals surface area contributed by atoms with Crippen LogP contribution in [-0.2, 0) is 11.3 Å². The molecule has 116 valence electrons. The van der Waals surface area contributed by atoms with Gasteiger partial charge in [-0.1, -0.05) is 0 Å². The maximum Gasteiger partial charge on any atom is 0.328 e. The SMILES string of the molecule is O=C(Cn1ccc(=O)[nH]c1=O)N1CCCN(CCO)CC1. The number of hydrogen-bond donors (Lipinski definition) is 2. The Morgan fingerprint density at radius 2 is 2.05 bits per heavy atom. The van der Waals surface area contributed by atoms with Crippen molar-refractivity contribution in [3.05, 3.63) is 33.1 Å². The molecule has 1 aromatic rings. The molecule has 1 aliphatic heterocycles. The summed E-state index contributed by atoms with van der Waals surface area (Å²) in [5.74, 6) is -0.144. The molecular formula is C13H20N4O4. The van der Waals surface area contributed by atoms with Gasteiger partial charge in [0.25, 0.3) is 5.56 Å². The molecular weight excluding hydrogens is 276 g/mol. The normalized spacial score (nSPS) is 16.7. The van der Waals surface area contributed by atoms with Gasteiger partial charge in [-0.05, 0) is 13.0 Å². The number of β-amino-alcohol motifs (C(OH)–C–C–N with tert-alkyl or cyclic N) is 1. The molecule has 0 bridgehead atoms. The number of aliphatic hydroxyl groups excluding tert-OH is 1. The molecule has 2 rings (SSSR count). The largest absolute Gasteiger partial charge is 0.395 e. The minimum Gasteiger partial charge on any atom is -0.395 e. The van der Waals surface area contributed by atoms with Crippen LogP contribution in [-0.4, -0.2) is 69.7 Å². The van der Waals surface area contributed by atoms with Crippen molar-refractivity contribution < 1.29 is 9.90 Å². The summed E-state index contributed by atoms with van der Waals surface area (Å²) in [6.07, 6.45) is 2.17. The molecule has 1 aliphatic rings. The predicted octanol–water partition coefficient (Wildman–Crippen LogP) is -1.94. The zero-order chi connectivity index (χ0) is 15.2. The number of nitrogens with zero attached hydrogens (tertiary/aromatic N) is 3. The summed E-state index contributed by atoms with van der Waals surface area (Å²) in [6, 6.07) is 1.22. The van der Waals surface area contributed by atoms with Crippen molar-refractivity contribution >= 4 is 5.91 Å². The van der Waals surface area contributed by atoms with Crippen LogP contribution in [0.4, 0.5) is 0 Å². The van der Waals surface area contributed by atoms with Crippen molar-refractivity contribution in [2.45, 2.75) is 13.0 Å². The van der Waals surface area contributed by atoms with Crippen LogP contribution in [0.15, 0.2) is 21.9 Å². The molecule has 2 heterocycles. The molecule has 1 saturated heterocycles. The maximum absolute atomic E-state index is 12.2. The molecule has 0 saturated carbocycles. The molecule has 1 amide bonds. The topological polar surface area (TPSA) is 98.6 Å². The van der Waals surface area contributed by atoms with Gasteiger partial charge in [-0.25, -0.2) is 4.79 Å². The quantitative estimate of drug-likeness (QED) is 0.674. The molecule has 0 spiro atoms. The number of carbonyl (C=O) groups excluding carboxylic acids is 1. The summed E-state index contributed by atoms with van der Waals surface area (Å²) >= 11 is 0. The first-order valence-electron chi connectivity index (χ1n) is 7.01. The van der Waals surface area contributed by atoms with Gasteiger partial charge < -0.3 is 10.0 Å². The Labute approximate surface area is 121 Å². The van der Waals surface area contributed by atoms with E-state index in [9.17, 15) is 14.4 Å². The van der Waals surface area contributed by atoms with Gasteiger partial charge in [-0.2, -0.15) is 0 Å². The third-order valence-electron chi connectivity index (χ3n) is 3.56. The number of rotatable bonds is 4. The molecule has 2 N–H and O–H groups in total. The molecule has 0 aliphatic carbocycles. The summed E-state index contributed by atoms with van der Waals surface area (Å²) in [5, 5.41) is 8.94. The first-order chi connectivity index (χ1) is 10.1. The Balaban J connectivity index is 1.97. The molecule has 8 nitrogen and oxygen atoms in total. The van der Waals surface area contributed by atoms with E-state index in [1.807, 2.05) is 0 Å². The number of aromatic amines is 1. The van der Waals surface area contributed by atoms with Crippen molar-refractivity contribution in [3.63, 3.8) is 0 Å². The van der Waals surface area contributed by atoms with Gasteiger partial charge in [-0.3, -0.25) is 24.0 Å². The summed E-state index contributed by atoms with van der Waals surface area (Å²) in [5.41, 5.74) is -1.05. The van der Waals surface area contributed by atoms with E-state index in [-0.39, 0.29) is 19.1 Å². The fourth-order valence-corrected chi connectivity index (χ4v) is 2.40. The van der Waals surface area contributed by atoms with Crippen LogP contribution in [0.25, 0.3) is 0 Å². The van der Waals surface area contributed by atoms with Crippen molar-refractivity contribution in [2.24, 2.45) is 0 Å². The Morgan fingerprint density at radius 3 is 2.76 bits per heavy atom. The minimum absolute atomic E-state index is 0.0738. The second-order valence-corrected chi connectivity index (χ2v) is 5.04. The number of carbonyl (C=O) groups is 1. The molecule has 0 unspecified atom stereocenters. The smallest absolute Gasteiger partial charge is 0.328 e. The lowest BCUT2D eigenvalue weighted by Gasteiger charge is -2.21. The van der Waals surface area contributed by atoms with Crippen LogP contribution in [0.3, 0.4) is 0 Å². The lowest BCUT2D eigenvalue weighted by atomic mass is 10.3. The lowest BCUT2D eigenvalue weighted by Crippen LogP contribution is -2.40. The van der Waals surface area contributed by atoms with E-state index in [1.165, 1.54) is 16.8 Å². The fourth-order valence-electron chi connectivity index (χ4n) is 2.40. The second kappa shape index (κ2) is 7.19. The number of hydrogen-bond acceptors (Lipinski definition) is 5. The summed E-state index contributed by atoms with van der Waals surface area (Å²) in [6.45, 7) is 3.43. The highest BCUT2D eigenvalue weighted by atomic mass is 16.3. The van der Waals surface area contributed by atoms with Gasteiger partial charge in [0.05, 0.1) is 6.61 Å². The fraction of sp³-hybridized carbons (Fsp3) is 0.615. The van der Waals surface area contributed by atoms with Crippen molar-refractivity contribution in [2.75, 3.05) is 39.3 Å². The summed E-state index contributed by atoms with van der Waals surface area (Å²) in [7, 11) is 0. The van der Waals surface area contributed by atoms with E-state index < -0.39 is 11.2 Å². The molecule has 8 heteroatoms.